The predicted octanol–water partition coefficient (Wildman–Crippen LogP) is 2.11. The first kappa shape index (κ1) is 20.2. The Hall–Kier alpha value is -4.59. The number of nitrogen functional groups attached to an aromatic ring is 1. The van der Waals surface area contributed by atoms with Gasteiger partial charge in [-0.3, -0.25) is 0 Å². The van der Waals surface area contributed by atoms with E-state index >= 15 is 0 Å². The Kier molecular flexibility index (Phi) is 6.09. The third kappa shape index (κ3) is 5.02. The molecule has 0 saturated carbocycles. The van der Waals surface area contributed by atoms with E-state index in [0.29, 0.717) is 22.7 Å². The van der Waals surface area contributed by atoms with Crippen LogP contribution in [-0.4, -0.2) is 40.5 Å². The Morgan fingerprint density at radius 1 is 1.20 bits per heavy atom. The zero-order chi connectivity index (χ0) is 21.5. The molecule has 0 spiro atoms. The topological polar surface area (TPSA) is 157 Å². The molecule has 0 atom stereocenters. The first-order chi connectivity index (χ1) is 14.5. The van der Waals surface area contributed by atoms with Gasteiger partial charge in [0.15, 0.2) is 6.61 Å². The number of nitriles is 1. The normalized spacial score (nSPS) is 10.0. The molecular weight excluding hydrogens is 390 g/mol. The number of nitrogens with zero attached hydrogens (tertiary/aromatic N) is 4. The third-order valence-electron chi connectivity index (χ3n) is 3.76. The maximum absolute atomic E-state index is 12.5. The van der Waals surface area contributed by atoms with Crippen molar-refractivity contribution in [2.24, 2.45) is 0 Å². The number of carbonyl (C=O) groups excluding carboxylic acids is 2. The highest BCUT2D eigenvalue weighted by molar-refractivity contribution is 5.92. The van der Waals surface area contributed by atoms with E-state index in [0.717, 1.165) is 4.68 Å². The second-order valence-corrected chi connectivity index (χ2v) is 5.84. The molecule has 4 N–H and O–H groups in total. The largest absolute Gasteiger partial charge is 0.482 e. The fourth-order valence-electron chi connectivity index (χ4n) is 2.33. The van der Waals surface area contributed by atoms with Crippen molar-refractivity contribution in [3.63, 3.8) is 0 Å². The highest BCUT2D eigenvalue weighted by Crippen LogP contribution is 2.19. The summed E-state index contributed by atoms with van der Waals surface area (Å²) >= 11 is 0. The first-order valence-corrected chi connectivity index (χ1v) is 8.59. The number of rotatable bonds is 6. The summed E-state index contributed by atoms with van der Waals surface area (Å²) in [6, 6.07) is 14.4. The van der Waals surface area contributed by atoms with Crippen LogP contribution < -0.4 is 21.1 Å². The van der Waals surface area contributed by atoms with Crippen LogP contribution in [0.4, 0.5) is 28.1 Å². The quantitative estimate of drug-likeness (QED) is 0.520. The van der Waals surface area contributed by atoms with E-state index in [1.807, 2.05) is 6.07 Å². The number of hydrogen-bond acceptors (Lipinski definition) is 9. The molecule has 11 nitrogen and oxygen atoms in total. The van der Waals surface area contributed by atoms with E-state index in [-0.39, 0.29) is 18.5 Å². The molecule has 1 heterocycles. The molecule has 0 bridgehead atoms. The molecular formula is C19H17N7O4. The van der Waals surface area contributed by atoms with Gasteiger partial charge in [-0.15, -0.1) is 9.78 Å². The highest BCUT2D eigenvalue weighted by Gasteiger charge is 2.15. The minimum Gasteiger partial charge on any atom is -0.482 e. The lowest BCUT2D eigenvalue weighted by molar-refractivity contribution is -0.142. The number of anilines is 4. The highest BCUT2D eigenvalue weighted by atomic mass is 16.6. The van der Waals surface area contributed by atoms with Gasteiger partial charge in [-0.25, -0.2) is 9.59 Å². The molecule has 11 heteroatoms. The number of methoxy groups -OCH3 is 1. The lowest BCUT2D eigenvalue weighted by Gasteiger charge is -2.08. The summed E-state index contributed by atoms with van der Waals surface area (Å²) in [5.74, 6) is -0.167. The average Bonchev–Trinajstić information content (AvgIpc) is 3.13. The van der Waals surface area contributed by atoms with Gasteiger partial charge in [0.25, 0.3) is 0 Å². The molecule has 152 valence electrons. The molecule has 1 aromatic heterocycles. The molecule has 3 rings (SSSR count). The Balaban J connectivity index is 1.67. The molecule has 2 aromatic carbocycles. The van der Waals surface area contributed by atoms with Crippen molar-refractivity contribution in [1.82, 2.24) is 14.8 Å². The van der Waals surface area contributed by atoms with Crippen LogP contribution in [0.5, 0.6) is 5.75 Å². The van der Waals surface area contributed by atoms with E-state index in [1.165, 1.54) is 13.2 Å². The summed E-state index contributed by atoms with van der Waals surface area (Å²) in [4.78, 5) is 27.7. The summed E-state index contributed by atoms with van der Waals surface area (Å²) in [6.07, 6.45) is 0. The lowest BCUT2D eigenvalue weighted by Crippen LogP contribution is -2.22. The van der Waals surface area contributed by atoms with Crippen molar-refractivity contribution in [3.8, 4) is 11.8 Å². The number of benzene rings is 2. The number of nitrogens with one attached hydrogen (secondary N) is 2. The van der Waals surface area contributed by atoms with Crippen LogP contribution in [0.15, 0.2) is 48.5 Å². The Labute approximate surface area is 171 Å². The van der Waals surface area contributed by atoms with Crippen molar-refractivity contribution in [1.29, 1.82) is 5.26 Å². The summed E-state index contributed by atoms with van der Waals surface area (Å²) in [5, 5.41) is 18.4. The van der Waals surface area contributed by atoms with Crippen LogP contribution in [0.1, 0.15) is 5.56 Å². The molecule has 0 aliphatic carbocycles. The van der Waals surface area contributed by atoms with Crippen molar-refractivity contribution in [3.05, 3.63) is 54.1 Å². The van der Waals surface area contributed by atoms with Crippen molar-refractivity contribution in [2.75, 3.05) is 30.1 Å². The van der Waals surface area contributed by atoms with E-state index in [2.05, 4.69) is 25.5 Å². The second kappa shape index (κ2) is 9.07. The predicted molar refractivity (Wildman–Crippen MR) is 107 cm³/mol. The number of hydrogen-bond donors (Lipinski definition) is 3. The summed E-state index contributed by atoms with van der Waals surface area (Å²) in [6.45, 7) is -0.256. The Bertz CT molecular complexity index is 1100. The van der Waals surface area contributed by atoms with Crippen LogP contribution in [-0.2, 0) is 9.53 Å². The molecule has 0 aliphatic heterocycles. The standard InChI is InChI=1S/C19H17N7O4/c1-29-16(27)11-30-15-4-2-3-14(9-15)23-19(28)26-17(21)24-18(25-26)22-13-7-5-12(10-20)6-8-13/h2-9H,11H2,1H3,(H,23,28)(H3,21,22,24,25). The maximum atomic E-state index is 12.5. The fraction of sp³-hybridized carbons (Fsp3) is 0.105. The Morgan fingerprint density at radius 3 is 2.67 bits per heavy atom. The lowest BCUT2D eigenvalue weighted by atomic mass is 10.2. The van der Waals surface area contributed by atoms with Gasteiger partial charge in [-0.05, 0) is 36.4 Å². The second-order valence-electron chi connectivity index (χ2n) is 5.84. The van der Waals surface area contributed by atoms with Gasteiger partial charge in [0.1, 0.15) is 5.75 Å². The number of ether oxygens (including phenoxy) is 2. The summed E-state index contributed by atoms with van der Waals surface area (Å²) in [7, 11) is 1.26. The SMILES string of the molecule is COC(=O)COc1cccc(NC(=O)n2nc(Nc3ccc(C#N)cc3)nc2N)c1. The van der Waals surface area contributed by atoms with Crippen LogP contribution in [0, 0.1) is 11.3 Å². The minimum atomic E-state index is -0.641. The number of carbonyl (C=O) groups is 2. The van der Waals surface area contributed by atoms with Gasteiger partial charge in [-0.2, -0.15) is 10.2 Å². The van der Waals surface area contributed by atoms with Crippen LogP contribution in [0.25, 0.3) is 0 Å². The van der Waals surface area contributed by atoms with Crippen molar-refractivity contribution >= 4 is 35.3 Å². The van der Waals surface area contributed by atoms with Crippen LogP contribution >= 0.6 is 0 Å². The molecule has 0 saturated heterocycles. The van der Waals surface area contributed by atoms with E-state index < -0.39 is 12.0 Å². The fourth-order valence-corrected chi connectivity index (χ4v) is 2.33. The van der Waals surface area contributed by atoms with E-state index in [4.69, 9.17) is 15.7 Å². The molecule has 1 amide bonds. The Morgan fingerprint density at radius 2 is 1.97 bits per heavy atom. The van der Waals surface area contributed by atoms with Gasteiger partial charge in [0.05, 0.1) is 18.7 Å². The molecule has 0 aliphatic rings. The zero-order valence-electron chi connectivity index (χ0n) is 15.8. The monoisotopic (exact) mass is 407 g/mol. The summed E-state index contributed by atoms with van der Waals surface area (Å²) < 4.78 is 10.7. The van der Waals surface area contributed by atoms with E-state index in [9.17, 15) is 9.59 Å². The molecule has 0 unspecified atom stereocenters. The number of amides is 1. The molecule has 0 radical (unpaired) electrons. The van der Waals surface area contributed by atoms with Crippen LogP contribution in [0.3, 0.4) is 0 Å². The molecule has 0 fully saturated rings. The van der Waals surface area contributed by atoms with Crippen molar-refractivity contribution in [2.45, 2.75) is 0 Å². The summed E-state index contributed by atoms with van der Waals surface area (Å²) in [5.41, 5.74) is 7.33. The van der Waals surface area contributed by atoms with E-state index in [1.54, 1.807) is 42.5 Å². The van der Waals surface area contributed by atoms with Gasteiger partial charge in [0.2, 0.25) is 11.9 Å². The minimum absolute atomic E-state index is 0.113. The van der Waals surface area contributed by atoms with Crippen LogP contribution in [0.2, 0.25) is 0 Å². The van der Waals surface area contributed by atoms with Gasteiger partial charge in [0, 0.05) is 17.4 Å². The number of aromatic nitrogens is 3. The zero-order valence-corrected chi connectivity index (χ0v) is 15.8. The van der Waals surface area contributed by atoms with Gasteiger partial charge < -0.3 is 25.8 Å². The third-order valence-corrected chi connectivity index (χ3v) is 3.76. The first-order valence-electron chi connectivity index (χ1n) is 8.59. The average molecular weight is 407 g/mol. The van der Waals surface area contributed by atoms with Gasteiger partial charge >= 0.3 is 12.0 Å². The van der Waals surface area contributed by atoms with Gasteiger partial charge in [-0.1, -0.05) is 6.07 Å². The van der Waals surface area contributed by atoms with Crippen molar-refractivity contribution < 1.29 is 19.1 Å². The number of esters is 1. The molecule has 3 aromatic rings. The molecule has 30 heavy (non-hydrogen) atoms. The maximum Gasteiger partial charge on any atom is 0.349 e. The smallest absolute Gasteiger partial charge is 0.349 e. The number of nitrogens with two attached hydrogens (primary N) is 1.